The topological polar surface area (TPSA) is 41.1 Å². The molecule has 3 nitrogen and oxygen atoms in total. The Hall–Kier alpha value is -2.12. The first-order chi connectivity index (χ1) is 10.1. The number of halogens is 1. The molecule has 0 aliphatic rings. The summed E-state index contributed by atoms with van der Waals surface area (Å²) >= 11 is 3.48. The van der Waals surface area contributed by atoms with Crippen molar-refractivity contribution in [2.75, 3.05) is 0 Å². The van der Waals surface area contributed by atoms with E-state index in [1.54, 1.807) is 0 Å². The molecule has 0 bridgehead atoms. The molecule has 0 unspecified atom stereocenters. The molecule has 1 aromatic carbocycles. The number of rotatable bonds is 2. The Morgan fingerprint density at radius 3 is 2.76 bits per heavy atom. The Balaban J connectivity index is 2.31. The highest BCUT2D eigenvalue weighted by atomic mass is 79.9. The van der Waals surface area contributed by atoms with Crippen LogP contribution in [0.1, 0.15) is 16.8 Å². The number of nitrogens with zero attached hydrogens (tertiary/aromatic N) is 3. The SMILES string of the molecule is Cc1ccc(-c2nc3ccc(Br)cn3c2CC#N)c(C)c1. The van der Waals surface area contributed by atoms with Gasteiger partial charge in [-0.15, -0.1) is 0 Å². The molecular formula is C17H14BrN3. The van der Waals surface area contributed by atoms with Gasteiger partial charge in [-0.2, -0.15) is 5.26 Å². The minimum absolute atomic E-state index is 0.334. The molecule has 0 saturated heterocycles. The monoisotopic (exact) mass is 339 g/mol. The molecule has 2 heterocycles. The molecule has 0 aliphatic carbocycles. The van der Waals surface area contributed by atoms with Gasteiger partial charge >= 0.3 is 0 Å². The number of imidazole rings is 1. The van der Waals surface area contributed by atoms with Crippen molar-refractivity contribution >= 4 is 21.6 Å². The molecule has 3 rings (SSSR count). The number of aryl methyl sites for hydroxylation is 2. The van der Waals surface area contributed by atoms with Crippen molar-refractivity contribution in [2.45, 2.75) is 20.3 Å². The smallest absolute Gasteiger partial charge is 0.137 e. The largest absolute Gasteiger partial charge is 0.301 e. The Morgan fingerprint density at radius 1 is 1.24 bits per heavy atom. The normalized spacial score (nSPS) is 10.8. The zero-order valence-corrected chi connectivity index (χ0v) is 13.5. The van der Waals surface area contributed by atoms with E-state index in [2.05, 4.69) is 54.0 Å². The molecule has 0 fully saturated rings. The van der Waals surface area contributed by atoms with Crippen LogP contribution in [-0.2, 0) is 6.42 Å². The zero-order valence-electron chi connectivity index (χ0n) is 11.9. The van der Waals surface area contributed by atoms with Gasteiger partial charge in [-0.3, -0.25) is 0 Å². The number of pyridine rings is 1. The number of fused-ring (bicyclic) bond motifs is 1. The second-order valence-electron chi connectivity index (χ2n) is 5.14. The van der Waals surface area contributed by atoms with E-state index < -0.39 is 0 Å². The molecular weight excluding hydrogens is 326 g/mol. The summed E-state index contributed by atoms with van der Waals surface area (Å²) in [6.07, 6.45) is 2.29. The minimum atomic E-state index is 0.334. The van der Waals surface area contributed by atoms with E-state index in [0.29, 0.717) is 6.42 Å². The van der Waals surface area contributed by atoms with E-state index >= 15 is 0 Å². The molecule has 4 heteroatoms. The summed E-state index contributed by atoms with van der Waals surface area (Å²) in [5, 5.41) is 9.15. The molecule has 104 valence electrons. The maximum absolute atomic E-state index is 9.15. The predicted molar refractivity (Wildman–Crippen MR) is 87.1 cm³/mol. The average molecular weight is 340 g/mol. The van der Waals surface area contributed by atoms with Crippen molar-refractivity contribution < 1.29 is 0 Å². The maximum Gasteiger partial charge on any atom is 0.137 e. The molecule has 0 N–H and O–H groups in total. The second kappa shape index (κ2) is 5.34. The van der Waals surface area contributed by atoms with Crippen LogP contribution in [0.4, 0.5) is 0 Å². The molecule has 0 amide bonds. The van der Waals surface area contributed by atoms with E-state index in [-0.39, 0.29) is 0 Å². The molecule has 0 saturated carbocycles. The second-order valence-corrected chi connectivity index (χ2v) is 6.05. The highest BCUT2D eigenvalue weighted by Gasteiger charge is 2.15. The molecule has 0 spiro atoms. The van der Waals surface area contributed by atoms with Gasteiger partial charge in [-0.25, -0.2) is 4.98 Å². The average Bonchev–Trinajstić information content (AvgIpc) is 2.78. The fraction of sp³-hybridized carbons (Fsp3) is 0.176. The highest BCUT2D eigenvalue weighted by molar-refractivity contribution is 9.10. The lowest BCUT2D eigenvalue weighted by Gasteiger charge is -2.06. The van der Waals surface area contributed by atoms with Gasteiger partial charge in [0.15, 0.2) is 0 Å². The first kappa shape index (κ1) is 13.8. The Kier molecular flexibility index (Phi) is 3.52. The van der Waals surface area contributed by atoms with Crippen LogP contribution in [0.15, 0.2) is 41.0 Å². The molecule has 21 heavy (non-hydrogen) atoms. The highest BCUT2D eigenvalue weighted by Crippen LogP contribution is 2.29. The first-order valence-corrected chi connectivity index (χ1v) is 7.50. The summed E-state index contributed by atoms with van der Waals surface area (Å²) in [5.41, 5.74) is 6.18. The standard InChI is InChI=1S/C17H14BrN3/c1-11-3-5-14(12(2)9-11)17-15(7-8-19)21-10-13(18)4-6-16(21)20-17/h3-6,9-10H,7H2,1-2H3. The summed E-state index contributed by atoms with van der Waals surface area (Å²) in [5.74, 6) is 0. The van der Waals surface area contributed by atoms with Gasteiger partial charge < -0.3 is 4.40 Å². The summed E-state index contributed by atoms with van der Waals surface area (Å²) in [6, 6.07) is 12.5. The fourth-order valence-electron chi connectivity index (χ4n) is 2.61. The van der Waals surface area contributed by atoms with E-state index in [0.717, 1.165) is 27.1 Å². The van der Waals surface area contributed by atoms with Gasteiger partial charge in [-0.1, -0.05) is 23.8 Å². The van der Waals surface area contributed by atoms with Crippen LogP contribution < -0.4 is 0 Å². The van der Waals surface area contributed by atoms with Gasteiger partial charge in [0.1, 0.15) is 5.65 Å². The first-order valence-electron chi connectivity index (χ1n) is 6.71. The lowest BCUT2D eigenvalue weighted by molar-refractivity contribution is 1.05. The van der Waals surface area contributed by atoms with Crippen molar-refractivity contribution in [1.29, 1.82) is 5.26 Å². The number of nitriles is 1. The van der Waals surface area contributed by atoms with E-state index in [9.17, 15) is 0 Å². The lowest BCUT2D eigenvalue weighted by atomic mass is 10.0. The summed E-state index contributed by atoms with van der Waals surface area (Å²) in [6.45, 7) is 4.16. The van der Waals surface area contributed by atoms with Crippen molar-refractivity contribution in [3.05, 3.63) is 57.8 Å². The summed E-state index contributed by atoms with van der Waals surface area (Å²) in [7, 11) is 0. The van der Waals surface area contributed by atoms with Gasteiger partial charge in [-0.05, 0) is 47.5 Å². The van der Waals surface area contributed by atoms with Crippen LogP contribution in [0.25, 0.3) is 16.9 Å². The van der Waals surface area contributed by atoms with E-state index in [1.807, 2.05) is 22.7 Å². The third-order valence-electron chi connectivity index (χ3n) is 3.56. The Labute approximate surface area is 132 Å². The Morgan fingerprint density at radius 2 is 2.05 bits per heavy atom. The van der Waals surface area contributed by atoms with E-state index in [4.69, 9.17) is 10.2 Å². The van der Waals surface area contributed by atoms with Crippen LogP contribution in [0, 0.1) is 25.2 Å². The molecule has 3 aromatic rings. The van der Waals surface area contributed by atoms with Gasteiger partial charge in [0.05, 0.1) is 23.9 Å². The van der Waals surface area contributed by atoms with Crippen LogP contribution in [0.2, 0.25) is 0 Å². The maximum atomic E-state index is 9.15. The van der Waals surface area contributed by atoms with Crippen LogP contribution in [0.5, 0.6) is 0 Å². The lowest BCUT2D eigenvalue weighted by Crippen LogP contribution is -1.94. The third-order valence-corrected chi connectivity index (χ3v) is 4.03. The number of benzene rings is 1. The number of aromatic nitrogens is 2. The Bertz CT molecular complexity index is 872. The summed E-state index contributed by atoms with van der Waals surface area (Å²) < 4.78 is 2.96. The molecule has 0 radical (unpaired) electrons. The predicted octanol–water partition coefficient (Wildman–Crippen LogP) is 4.45. The van der Waals surface area contributed by atoms with Crippen molar-refractivity contribution in [3.8, 4) is 17.3 Å². The summed E-state index contributed by atoms with van der Waals surface area (Å²) in [4.78, 5) is 4.72. The quantitative estimate of drug-likeness (QED) is 0.692. The molecule has 2 aromatic heterocycles. The van der Waals surface area contributed by atoms with E-state index in [1.165, 1.54) is 11.1 Å². The van der Waals surface area contributed by atoms with Crippen molar-refractivity contribution in [2.24, 2.45) is 0 Å². The van der Waals surface area contributed by atoms with Crippen molar-refractivity contribution in [1.82, 2.24) is 9.38 Å². The van der Waals surface area contributed by atoms with Gasteiger partial charge in [0.25, 0.3) is 0 Å². The zero-order chi connectivity index (χ0) is 15.0. The van der Waals surface area contributed by atoms with Crippen LogP contribution in [0.3, 0.4) is 0 Å². The third kappa shape index (κ3) is 2.45. The molecule has 0 aliphatic heterocycles. The van der Waals surface area contributed by atoms with Gasteiger partial charge in [0, 0.05) is 16.2 Å². The molecule has 0 atom stereocenters. The fourth-order valence-corrected chi connectivity index (χ4v) is 2.94. The van der Waals surface area contributed by atoms with Gasteiger partial charge in [0.2, 0.25) is 0 Å². The van der Waals surface area contributed by atoms with Crippen LogP contribution in [-0.4, -0.2) is 9.38 Å². The van der Waals surface area contributed by atoms with Crippen LogP contribution >= 0.6 is 15.9 Å². The minimum Gasteiger partial charge on any atom is -0.301 e. The number of hydrogen-bond acceptors (Lipinski definition) is 2. The number of hydrogen-bond donors (Lipinski definition) is 0. The van der Waals surface area contributed by atoms with Crippen molar-refractivity contribution in [3.63, 3.8) is 0 Å².